The minimum atomic E-state index is -0.00366. The molecule has 3 nitrogen and oxygen atoms in total. The van der Waals surface area contributed by atoms with Crippen molar-refractivity contribution in [1.29, 1.82) is 0 Å². The summed E-state index contributed by atoms with van der Waals surface area (Å²) in [6.45, 7) is 5.89. The van der Waals surface area contributed by atoms with Gasteiger partial charge in [0.05, 0.1) is 22.9 Å². The molecular weight excluding hydrogens is 270 g/mol. The van der Waals surface area contributed by atoms with Crippen molar-refractivity contribution in [2.75, 3.05) is 6.61 Å². The molecule has 1 aliphatic heterocycles. The number of hydrogen-bond donors (Lipinski definition) is 1. The van der Waals surface area contributed by atoms with Gasteiger partial charge in [-0.3, -0.25) is 0 Å². The Labute approximate surface area is 105 Å². The van der Waals surface area contributed by atoms with Crippen LogP contribution in [0.3, 0.4) is 0 Å². The molecule has 16 heavy (non-hydrogen) atoms. The first-order valence-corrected chi connectivity index (χ1v) is 6.45. The number of halogens is 1. The quantitative estimate of drug-likeness (QED) is 0.928. The van der Waals surface area contributed by atoms with E-state index in [0.717, 1.165) is 36.2 Å². The summed E-state index contributed by atoms with van der Waals surface area (Å²) >= 11 is 3.46. The third kappa shape index (κ3) is 3.09. The lowest BCUT2D eigenvalue weighted by molar-refractivity contribution is -0.0632. The number of hydrogen-bond acceptors (Lipinski definition) is 3. The highest BCUT2D eigenvalue weighted by atomic mass is 79.9. The largest absolute Gasteiger partial charge is 0.467 e. The maximum Gasteiger partial charge on any atom is 0.131 e. The van der Waals surface area contributed by atoms with Crippen LogP contribution >= 0.6 is 15.9 Å². The fourth-order valence-corrected chi connectivity index (χ4v) is 2.44. The molecule has 2 heterocycles. The average Bonchev–Trinajstić information content (AvgIpc) is 2.60. The highest BCUT2D eigenvalue weighted by Gasteiger charge is 2.28. The highest BCUT2D eigenvalue weighted by molar-refractivity contribution is 9.10. The van der Waals surface area contributed by atoms with Gasteiger partial charge in [0.1, 0.15) is 5.76 Å². The van der Waals surface area contributed by atoms with Crippen LogP contribution in [0.5, 0.6) is 0 Å². The zero-order valence-corrected chi connectivity index (χ0v) is 11.3. The van der Waals surface area contributed by atoms with Crippen LogP contribution in [-0.2, 0) is 11.3 Å². The van der Waals surface area contributed by atoms with E-state index in [0.29, 0.717) is 6.04 Å². The Morgan fingerprint density at radius 3 is 3.00 bits per heavy atom. The molecule has 0 aromatic carbocycles. The lowest BCUT2D eigenvalue weighted by Gasteiger charge is -2.35. The molecule has 1 unspecified atom stereocenters. The van der Waals surface area contributed by atoms with Crippen molar-refractivity contribution in [3.63, 3.8) is 0 Å². The van der Waals surface area contributed by atoms with Gasteiger partial charge < -0.3 is 14.5 Å². The molecule has 4 heteroatoms. The average molecular weight is 288 g/mol. The molecule has 1 saturated heterocycles. The second-order valence-corrected chi connectivity index (χ2v) is 5.72. The topological polar surface area (TPSA) is 34.4 Å². The minimum Gasteiger partial charge on any atom is -0.467 e. The molecule has 0 bridgehead atoms. The SMILES string of the molecule is CC1(C)CC(NCc2occc2Br)CCO1. The zero-order chi connectivity index (χ0) is 11.6. The summed E-state index contributed by atoms with van der Waals surface area (Å²) in [6.07, 6.45) is 3.82. The third-order valence-electron chi connectivity index (χ3n) is 2.94. The van der Waals surface area contributed by atoms with Crippen molar-refractivity contribution in [3.05, 3.63) is 22.6 Å². The van der Waals surface area contributed by atoms with E-state index >= 15 is 0 Å². The number of rotatable bonds is 3. The molecule has 0 spiro atoms. The highest BCUT2D eigenvalue weighted by Crippen LogP contribution is 2.24. The second kappa shape index (κ2) is 4.90. The maximum absolute atomic E-state index is 5.68. The van der Waals surface area contributed by atoms with Crippen LogP contribution in [0.15, 0.2) is 21.2 Å². The Morgan fingerprint density at radius 2 is 2.38 bits per heavy atom. The Balaban J connectivity index is 1.84. The molecule has 0 saturated carbocycles. The molecular formula is C12H18BrNO2. The fourth-order valence-electron chi connectivity index (χ4n) is 2.09. The summed E-state index contributed by atoms with van der Waals surface area (Å²) in [7, 11) is 0. The zero-order valence-electron chi connectivity index (χ0n) is 9.75. The van der Waals surface area contributed by atoms with Crippen molar-refractivity contribution in [1.82, 2.24) is 5.32 Å². The maximum atomic E-state index is 5.68. The molecule has 1 fully saturated rings. The molecule has 2 rings (SSSR count). The van der Waals surface area contributed by atoms with E-state index in [9.17, 15) is 0 Å². The van der Waals surface area contributed by atoms with Crippen LogP contribution in [0.1, 0.15) is 32.4 Å². The summed E-state index contributed by atoms with van der Waals surface area (Å²) in [5, 5.41) is 3.52. The van der Waals surface area contributed by atoms with Crippen LogP contribution in [0.4, 0.5) is 0 Å². The van der Waals surface area contributed by atoms with Gasteiger partial charge in [-0.05, 0) is 48.7 Å². The standard InChI is InChI=1S/C12H18BrNO2/c1-12(2)7-9(3-6-16-12)14-8-11-10(13)4-5-15-11/h4-5,9,14H,3,6-8H2,1-2H3. The Bertz CT molecular complexity index is 349. The second-order valence-electron chi connectivity index (χ2n) is 4.87. The molecule has 0 radical (unpaired) electrons. The summed E-state index contributed by atoms with van der Waals surface area (Å²) < 4.78 is 12.1. The summed E-state index contributed by atoms with van der Waals surface area (Å²) in [6, 6.07) is 2.44. The smallest absolute Gasteiger partial charge is 0.131 e. The van der Waals surface area contributed by atoms with Crippen molar-refractivity contribution in [3.8, 4) is 0 Å². The van der Waals surface area contributed by atoms with Gasteiger partial charge in [0.2, 0.25) is 0 Å². The Hall–Kier alpha value is -0.320. The summed E-state index contributed by atoms with van der Waals surface area (Å²) in [5.74, 6) is 0.962. The fraction of sp³-hybridized carbons (Fsp3) is 0.667. The molecule has 0 aliphatic carbocycles. The lowest BCUT2D eigenvalue weighted by atomic mass is 9.94. The Kier molecular flexibility index (Phi) is 3.72. The molecule has 1 N–H and O–H groups in total. The Morgan fingerprint density at radius 1 is 1.56 bits per heavy atom. The monoisotopic (exact) mass is 287 g/mol. The van der Waals surface area contributed by atoms with Crippen molar-refractivity contribution in [2.45, 2.75) is 44.9 Å². The normalized spacial score (nSPS) is 24.6. The lowest BCUT2D eigenvalue weighted by Crippen LogP contribution is -2.43. The van der Waals surface area contributed by atoms with Crippen LogP contribution in [0.25, 0.3) is 0 Å². The van der Waals surface area contributed by atoms with E-state index in [1.165, 1.54) is 0 Å². The number of ether oxygens (including phenoxy) is 1. The van der Waals surface area contributed by atoms with Crippen LogP contribution in [0.2, 0.25) is 0 Å². The van der Waals surface area contributed by atoms with Gasteiger partial charge in [-0.25, -0.2) is 0 Å². The van der Waals surface area contributed by atoms with Gasteiger partial charge in [0.25, 0.3) is 0 Å². The molecule has 90 valence electrons. The van der Waals surface area contributed by atoms with E-state index in [-0.39, 0.29) is 5.60 Å². The minimum absolute atomic E-state index is 0.00366. The molecule has 0 amide bonds. The van der Waals surface area contributed by atoms with Gasteiger partial charge >= 0.3 is 0 Å². The van der Waals surface area contributed by atoms with Crippen molar-refractivity contribution < 1.29 is 9.15 Å². The van der Waals surface area contributed by atoms with Gasteiger partial charge in [0.15, 0.2) is 0 Å². The van der Waals surface area contributed by atoms with Crippen LogP contribution in [0, 0.1) is 0 Å². The van der Waals surface area contributed by atoms with Gasteiger partial charge in [0, 0.05) is 12.6 Å². The first kappa shape index (κ1) is 12.1. The number of nitrogens with one attached hydrogen (secondary N) is 1. The van der Waals surface area contributed by atoms with E-state index < -0.39 is 0 Å². The summed E-state index contributed by atoms with van der Waals surface area (Å²) in [5.41, 5.74) is -0.00366. The van der Waals surface area contributed by atoms with E-state index in [2.05, 4.69) is 35.1 Å². The van der Waals surface area contributed by atoms with E-state index in [1.807, 2.05) is 6.07 Å². The molecule has 1 aromatic rings. The first-order chi connectivity index (χ1) is 7.57. The predicted molar refractivity (Wildman–Crippen MR) is 66.3 cm³/mol. The van der Waals surface area contributed by atoms with Crippen molar-refractivity contribution in [2.24, 2.45) is 0 Å². The molecule has 1 atom stereocenters. The predicted octanol–water partition coefficient (Wildman–Crippen LogP) is 3.09. The van der Waals surface area contributed by atoms with E-state index in [4.69, 9.17) is 9.15 Å². The van der Waals surface area contributed by atoms with E-state index in [1.54, 1.807) is 6.26 Å². The van der Waals surface area contributed by atoms with Crippen LogP contribution < -0.4 is 5.32 Å². The summed E-state index contributed by atoms with van der Waals surface area (Å²) in [4.78, 5) is 0. The van der Waals surface area contributed by atoms with Gasteiger partial charge in [-0.15, -0.1) is 0 Å². The van der Waals surface area contributed by atoms with Gasteiger partial charge in [-0.2, -0.15) is 0 Å². The first-order valence-electron chi connectivity index (χ1n) is 5.66. The van der Waals surface area contributed by atoms with Crippen LogP contribution in [-0.4, -0.2) is 18.2 Å². The third-order valence-corrected chi connectivity index (χ3v) is 3.65. The van der Waals surface area contributed by atoms with Gasteiger partial charge in [-0.1, -0.05) is 0 Å². The molecule has 1 aromatic heterocycles. The van der Waals surface area contributed by atoms with Crippen molar-refractivity contribution >= 4 is 15.9 Å². The number of furan rings is 1. The molecule has 1 aliphatic rings.